The van der Waals surface area contributed by atoms with E-state index in [4.69, 9.17) is 24.9 Å². The van der Waals surface area contributed by atoms with Crippen molar-refractivity contribution < 1.29 is 17.6 Å². The van der Waals surface area contributed by atoms with Crippen molar-refractivity contribution >= 4 is 22.1 Å². The second kappa shape index (κ2) is 14.1. The fourth-order valence-corrected chi connectivity index (χ4v) is 7.17. The molecule has 10 rings (SSSR count). The lowest BCUT2D eigenvalue weighted by Crippen LogP contribution is -2.04. The summed E-state index contributed by atoms with van der Waals surface area (Å²) in [6.07, 6.45) is 0. The first-order valence-electron chi connectivity index (χ1n) is 18.3. The van der Waals surface area contributed by atoms with E-state index in [0.717, 1.165) is 0 Å². The van der Waals surface area contributed by atoms with E-state index in [-0.39, 0.29) is 28.8 Å². The Morgan fingerprint density at radius 3 is 1.12 bits per heavy atom. The van der Waals surface area contributed by atoms with Crippen molar-refractivity contribution in [3.05, 3.63) is 187 Å². The first-order chi connectivity index (χ1) is 28.4. The average molecular weight is 766 g/mol. The maximum Gasteiger partial charge on any atom is 0.164 e. The van der Waals surface area contributed by atoms with Gasteiger partial charge in [0.15, 0.2) is 17.5 Å². The van der Waals surface area contributed by atoms with Gasteiger partial charge in [0.2, 0.25) is 0 Å². The van der Waals surface area contributed by atoms with E-state index in [1.54, 1.807) is 69.8 Å². The number of benzene rings is 7. The van der Waals surface area contributed by atoms with Crippen LogP contribution < -0.4 is 0 Å². The lowest BCUT2D eigenvalue weighted by Gasteiger charge is -2.15. The second-order valence-electron chi connectivity index (χ2n) is 13.5. The van der Waals surface area contributed by atoms with Crippen molar-refractivity contribution in [1.82, 2.24) is 34.1 Å². The summed E-state index contributed by atoms with van der Waals surface area (Å²) in [6.45, 7) is 0. The topological polar surface area (TPSA) is 74.3 Å². The summed E-state index contributed by atoms with van der Waals surface area (Å²) >= 11 is 0. The molecule has 0 spiro atoms. The van der Waals surface area contributed by atoms with Crippen molar-refractivity contribution in [3.63, 3.8) is 0 Å². The molecule has 0 saturated carbocycles. The highest BCUT2D eigenvalue weighted by Crippen LogP contribution is 2.38. The standard InChI is InChI=1S/C47H27F4N7/c48-33-21-17-28(18-22-33)43-54-44(29-19-23-34(49)24-20-29)56-45(55-43)30-25-31(46-52-37-11-3-7-15-41(37)57(46)39-13-5-1-9-35(39)50)27-32(26-30)47-53-38-12-4-8-16-42(38)58(47)40-14-6-2-10-36(40)51/h1-27H. The minimum Gasteiger partial charge on any atom is -0.289 e. The Hall–Kier alpha value is -7.79. The number of para-hydroxylation sites is 6. The van der Waals surface area contributed by atoms with Gasteiger partial charge in [0.1, 0.15) is 34.9 Å². The van der Waals surface area contributed by atoms with E-state index in [9.17, 15) is 8.78 Å². The van der Waals surface area contributed by atoms with Crippen LogP contribution in [-0.2, 0) is 0 Å². The molecule has 10 aromatic rings. The number of rotatable bonds is 7. The van der Waals surface area contributed by atoms with Gasteiger partial charge < -0.3 is 0 Å². The number of nitrogens with zero attached hydrogens (tertiary/aromatic N) is 7. The van der Waals surface area contributed by atoms with Crippen LogP contribution in [0, 0.1) is 23.3 Å². The van der Waals surface area contributed by atoms with Gasteiger partial charge in [0.25, 0.3) is 0 Å². The molecular weight excluding hydrogens is 739 g/mol. The molecule has 0 aliphatic heterocycles. The Morgan fingerprint density at radius 2 is 0.690 bits per heavy atom. The highest BCUT2D eigenvalue weighted by molar-refractivity contribution is 5.88. The maximum absolute atomic E-state index is 15.8. The van der Waals surface area contributed by atoms with E-state index in [0.29, 0.717) is 61.5 Å². The Morgan fingerprint density at radius 1 is 0.328 bits per heavy atom. The molecule has 0 aliphatic carbocycles. The number of hydrogen-bond acceptors (Lipinski definition) is 5. The van der Waals surface area contributed by atoms with Crippen molar-refractivity contribution in [2.75, 3.05) is 0 Å². The fraction of sp³-hybridized carbons (Fsp3) is 0. The second-order valence-corrected chi connectivity index (χ2v) is 13.5. The van der Waals surface area contributed by atoms with Gasteiger partial charge in [-0.25, -0.2) is 42.5 Å². The molecule has 0 bridgehead atoms. The Bertz CT molecular complexity index is 2970. The van der Waals surface area contributed by atoms with Crippen LogP contribution in [0.2, 0.25) is 0 Å². The first-order valence-corrected chi connectivity index (χ1v) is 18.3. The monoisotopic (exact) mass is 765 g/mol. The zero-order chi connectivity index (χ0) is 39.3. The summed E-state index contributed by atoms with van der Waals surface area (Å²) in [5, 5.41) is 0. The van der Waals surface area contributed by atoms with Crippen molar-refractivity contribution in [2.24, 2.45) is 0 Å². The van der Waals surface area contributed by atoms with Crippen LogP contribution in [0.3, 0.4) is 0 Å². The molecule has 3 heterocycles. The number of aromatic nitrogens is 7. The molecule has 7 aromatic carbocycles. The lowest BCUT2D eigenvalue weighted by molar-refractivity contribution is 0.619. The third-order valence-electron chi connectivity index (χ3n) is 9.86. The van der Waals surface area contributed by atoms with E-state index in [1.807, 2.05) is 66.7 Å². The van der Waals surface area contributed by atoms with Crippen LogP contribution in [0.5, 0.6) is 0 Å². The summed E-state index contributed by atoms with van der Waals surface area (Å²) in [7, 11) is 0. The minimum atomic E-state index is -0.449. The molecule has 3 aromatic heterocycles. The number of halogens is 4. The van der Waals surface area contributed by atoms with E-state index < -0.39 is 23.3 Å². The summed E-state index contributed by atoms with van der Waals surface area (Å²) in [5.41, 5.74) is 5.80. The largest absolute Gasteiger partial charge is 0.289 e. The first kappa shape index (κ1) is 34.7. The highest BCUT2D eigenvalue weighted by Gasteiger charge is 2.23. The molecule has 0 radical (unpaired) electrons. The van der Waals surface area contributed by atoms with Gasteiger partial charge in [-0.3, -0.25) is 9.13 Å². The fourth-order valence-electron chi connectivity index (χ4n) is 7.17. The quantitative estimate of drug-likeness (QED) is 0.151. The molecule has 0 unspecified atom stereocenters. The van der Waals surface area contributed by atoms with Gasteiger partial charge in [-0.2, -0.15) is 0 Å². The smallest absolute Gasteiger partial charge is 0.164 e. The van der Waals surface area contributed by atoms with Crippen LogP contribution in [0.15, 0.2) is 164 Å². The van der Waals surface area contributed by atoms with Crippen molar-refractivity contribution in [2.45, 2.75) is 0 Å². The van der Waals surface area contributed by atoms with Gasteiger partial charge in [0.05, 0.1) is 33.4 Å². The van der Waals surface area contributed by atoms with E-state index in [2.05, 4.69) is 0 Å². The van der Waals surface area contributed by atoms with Crippen LogP contribution in [0.25, 0.3) is 90.4 Å². The third kappa shape index (κ3) is 6.15. The Kier molecular flexibility index (Phi) is 8.40. The number of imidazole rings is 2. The van der Waals surface area contributed by atoms with Crippen molar-refractivity contribution in [3.8, 4) is 68.3 Å². The molecule has 11 heteroatoms. The molecule has 0 N–H and O–H groups in total. The molecule has 0 fully saturated rings. The molecule has 0 saturated heterocycles. The van der Waals surface area contributed by atoms with E-state index in [1.165, 1.54) is 36.4 Å². The predicted octanol–water partition coefficient (Wildman–Crippen LogP) is 11.4. The van der Waals surface area contributed by atoms with Crippen LogP contribution >= 0.6 is 0 Å². The predicted molar refractivity (Wildman–Crippen MR) is 216 cm³/mol. The zero-order valence-corrected chi connectivity index (χ0v) is 30.2. The summed E-state index contributed by atoms with van der Waals surface area (Å²) in [6, 6.07) is 44.9. The minimum absolute atomic E-state index is 0.221. The molecule has 7 nitrogen and oxygen atoms in total. The van der Waals surface area contributed by atoms with Gasteiger partial charge in [-0.15, -0.1) is 0 Å². The van der Waals surface area contributed by atoms with Gasteiger partial charge >= 0.3 is 0 Å². The molecule has 58 heavy (non-hydrogen) atoms. The summed E-state index contributed by atoms with van der Waals surface area (Å²) in [4.78, 5) is 24.6. The molecule has 0 amide bonds. The molecular formula is C47H27F4N7. The lowest BCUT2D eigenvalue weighted by atomic mass is 10.0. The molecule has 0 atom stereocenters. The van der Waals surface area contributed by atoms with Crippen LogP contribution in [-0.4, -0.2) is 34.1 Å². The van der Waals surface area contributed by atoms with E-state index >= 15 is 8.78 Å². The number of fused-ring (bicyclic) bond motifs is 2. The molecule has 278 valence electrons. The van der Waals surface area contributed by atoms with Gasteiger partial charge in [0, 0.05) is 27.8 Å². The average Bonchev–Trinajstić information content (AvgIpc) is 3.84. The van der Waals surface area contributed by atoms with Gasteiger partial charge in [-0.1, -0.05) is 48.5 Å². The van der Waals surface area contributed by atoms with Gasteiger partial charge in [-0.05, 0) is 115 Å². The van der Waals surface area contributed by atoms with Crippen LogP contribution in [0.1, 0.15) is 0 Å². The van der Waals surface area contributed by atoms with Crippen molar-refractivity contribution in [1.29, 1.82) is 0 Å². The SMILES string of the molecule is Fc1ccc(-c2nc(-c3ccc(F)cc3)nc(-c3cc(-c4nc5ccccc5n4-c4ccccc4F)cc(-c4nc5ccccc5n4-c4ccccc4F)c3)n2)cc1. The van der Waals surface area contributed by atoms with Crippen LogP contribution in [0.4, 0.5) is 17.6 Å². The summed E-state index contributed by atoms with van der Waals surface area (Å²) < 4.78 is 63.2. The third-order valence-corrected chi connectivity index (χ3v) is 9.86. The summed E-state index contributed by atoms with van der Waals surface area (Å²) in [5.74, 6) is -0.219. The Labute approximate surface area is 328 Å². The maximum atomic E-state index is 15.8. The number of hydrogen-bond donors (Lipinski definition) is 0. The normalized spacial score (nSPS) is 11.4. The highest BCUT2D eigenvalue weighted by atomic mass is 19.1. The molecule has 0 aliphatic rings. The Balaban J connectivity index is 1.29. The zero-order valence-electron chi connectivity index (χ0n) is 30.2.